The van der Waals surface area contributed by atoms with Gasteiger partial charge >= 0.3 is 0 Å². The Morgan fingerprint density at radius 3 is 2.47 bits per heavy atom. The Morgan fingerprint density at radius 2 is 1.68 bits per heavy atom. The van der Waals surface area contributed by atoms with Crippen LogP contribution in [0, 0.1) is 13.8 Å². The SMILES string of the molecule is Cc1cccc(C)c1N=Cc1c[nH]c2ccccc12. The smallest absolute Gasteiger partial charge is 0.0688 e. The van der Waals surface area contributed by atoms with Crippen molar-refractivity contribution in [1.82, 2.24) is 4.98 Å². The molecule has 1 heterocycles. The highest BCUT2D eigenvalue weighted by Gasteiger charge is 2.02. The van der Waals surface area contributed by atoms with Crippen LogP contribution in [-0.2, 0) is 0 Å². The van der Waals surface area contributed by atoms with Crippen LogP contribution < -0.4 is 0 Å². The second-order valence-electron chi connectivity index (χ2n) is 4.79. The molecule has 1 aromatic heterocycles. The van der Waals surface area contributed by atoms with Crippen LogP contribution in [0.4, 0.5) is 5.69 Å². The summed E-state index contributed by atoms with van der Waals surface area (Å²) in [7, 11) is 0. The third kappa shape index (κ3) is 2.17. The molecule has 0 fully saturated rings. The van der Waals surface area contributed by atoms with Crippen molar-refractivity contribution >= 4 is 22.8 Å². The van der Waals surface area contributed by atoms with E-state index in [2.05, 4.69) is 54.2 Å². The number of hydrogen-bond acceptors (Lipinski definition) is 1. The first-order chi connectivity index (χ1) is 9.25. The third-order valence-corrected chi connectivity index (χ3v) is 3.39. The van der Waals surface area contributed by atoms with Crippen LogP contribution in [0.3, 0.4) is 0 Å². The Bertz CT molecular complexity index is 731. The summed E-state index contributed by atoms with van der Waals surface area (Å²) in [5.41, 5.74) is 5.74. The lowest BCUT2D eigenvalue weighted by atomic mass is 10.1. The number of hydrogen-bond donors (Lipinski definition) is 1. The van der Waals surface area contributed by atoms with Crippen molar-refractivity contribution < 1.29 is 0 Å². The van der Waals surface area contributed by atoms with E-state index in [9.17, 15) is 0 Å². The summed E-state index contributed by atoms with van der Waals surface area (Å²) in [5, 5.41) is 1.21. The summed E-state index contributed by atoms with van der Waals surface area (Å²) in [4.78, 5) is 7.92. The largest absolute Gasteiger partial charge is 0.361 e. The molecule has 0 saturated heterocycles. The van der Waals surface area contributed by atoms with E-state index in [1.807, 2.05) is 24.5 Å². The van der Waals surface area contributed by atoms with E-state index in [4.69, 9.17) is 0 Å². The molecule has 0 aliphatic heterocycles. The van der Waals surface area contributed by atoms with Gasteiger partial charge in [0.25, 0.3) is 0 Å². The number of rotatable bonds is 2. The molecule has 0 aliphatic rings. The minimum absolute atomic E-state index is 1.06. The van der Waals surface area contributed by atoms with Gasteiger partial charge in [-0.1, -0.05) is 36.4 Å². The fraction of sp³-hybridized carbons (Fsp3) is 0.118. The summed E-state index contributed by atoms with van der Waals surface area (Å²) in [5.74, 6) is 0. The highest BCUT2D eigenvalue weighted by atomic mass is 14.7. The van der Waals surface area contributed by atoms with Gasteiger partial charge in [0, 0.05) is 28.9 Å². The molecular weight excluding hydrogens is 232 g/mol. The fourth-order valence-corrected chi connectivity index (χ4v) is 2.34. The summed E-state index contributed by atoms with van der Waals surface area (Å²) < 4.78 is 0. The fourth-order valence-electron chi connectivity index (χ4n) is 2.34. The number of aromatic nitrogens is 1. The van der Waals surface area contributed by atoms with E-state index in [0.717, 1.165) is 16.8 Å². The molecule has 0 radical (unpaired) electrons. The standard InChI is InChI=1S/C17H16N2/c1-12-6-5-7-13(2)17(12)19-11-14-10-18-16-9-4-3-8-15(14)16/h3-11,18H,1-2H3. The van der Waals surface area contributed by atoms with Crippen LogP contribution in [-0.4, -0.2) is 11.2 Å². The minimum Gasteiger partial charge on any atom is -0.361 e. The highest BCUT2D eigenvalue weighted by molar-refractivity contribution is 5.99. The number of aliphatic imine (C=N–C) groups is 1. The van der Waals surface area contributed by atoms with Crippen molar-refractivity contribution in [3.63, 3.8) is 0 Å². The van der Waals surface area contributed by atoms with E-state index >= 15 is 0 Å². The molecule has 0 atom stereocenters. The van der Waals surface area contributed by atoms with Gasteiger partial charge in [-0.2, -0.15) is 0 Å². The number of nitrogens with zero attached hydrogens (tertiary/aromatic N) is 1. The summed E-state index contributed by atoms with van der Waals surface area (Å²) in [6, 6.07) is 14.5. The average Bonchev–Trinajstić information content (AvgIpc) is 2.82. The van der Waals surface area contributed by atoms with Crippen LogP contribution >= 0.6 is 0 Å². The molecule has 2 aromatic carbocycles. The average molecular weight is 248 g/mol. The first kappa shape index (κ1) is 11.7. The first-order valence-electron chi connectivity index (χ1n) is 6.42. The second kappa shape index (κ2) is 4.73. The molecule has 94 valence electrons. The Balaban J connectivity index is 2.03. The number of H-pyrrole nitrogens is 1. The highest BCUT2D eigenvalue weighted by Crippen LogP contribution is 2.23. The monoisotopic (exact) mass is 248 g/mol. The number of para-hydroxylation sites is 2. The summed E-state index contributed by atoms with van der Waals surface area (Å²) >= 11 is 0. The van der Waals surface area contributed by atoms with Crippen molar-refractivity contribution in [3.05, 3.63) is 65.4 Å². The molecule has 1 N–H and O–H groups in total. The van der Waals surface area contributed by atoms with Gasteiger partial charge in [-0.15, -0.1) is 0 Å². The summed E-state index contributed by atoms with van der Waals surface area (Å²) in [6.45, 7) is 4.18. The topological polar surface area (TPSA) is 28.1 Å². The van der Waals surface area contributed by atoms with Crippen LogP contribution in [0.15, 0.2) is 53.7 Å². The molecule has 0 saturated carbocycles. The Kier molecular flexibility index (Phi) is 2.92. The molecule has 0 spiro atoms. The van der Waals surface area contributed by atoms with Gasteiger partial charge in [-0.3, -0.25) is 4.99 Å². The number of benzene rings is 2. The van der Waals surface area contributed by atoms with Gasteiger partial charge in [-0.05, 0) is 31.0 Å². The van der Waals surface area contributed by atoms with Gasteiger partial charge in [0.15, 0.2) is 0 Å². The number of fused-ring (bicyclic) bond motifs is 1. The van der Waals surface area contributed by atoms with Crippen LogP contribution in [0.25, 0.3) is 10.9 Å². The van der Waals surface area contributed by atoms with Crippen LogP contribution in [0.1, 0.15) is 16.7 Å². The van der Waals surface area contributed by atoms with Gasteiger partial charge in [0.2, 0.25) is 0 Å². The lowest BCUT2D eigenvalue weighted by Gasteiger charge is -2.03. The zero-order valence-corrected chi connectivity index (χ0v) is 11.1. The lowest BCUT2D eigenvalue weighted by molar-refractivity contribution is 1.33. The normalized spacial score (nSPS) is 11.5. The molecular formula is C17H16N2. The van der Waals surface area contributed by atoms with Crippen molar-refractivity contribution in [2.45, 2.75) is 13.8 Å². The Labute approximate surface area is 112 Å². The quantitative estimate of drug-likeness (QED) is 0.645. The maximum atomic E-state index is 4.65. The zero-order chi connectivity index (χ0) is 13.2. The van der Waals surface area contributed by atoms with E-state index in [1.165, 1.54) is 16.5 Å². The maximum absolute atomic E-state index is 4.65. The van der Waals surface area contributed by atoms with Gasteiger partial charge in [-0.25, -0.2) is 0 Å². The molecule has 3 aromatic rings. The van der Waals surface area contributed by atoms with Crippen molar-refractivity contribution in [2.75, 3.05) is 0 Å². The van der Waals surface area contributed by atoms with Crippen molar-refractivity contribution in [2.24, 2.45) is 4.99 Å². The number of aryl methyl sites for hydroxylation is 2. The molecule has 2 heteroatoms. The lowest BCUT2D eigenvalue weighted by Crippen LogP contribution is -1.82. The predicted octanol–water partition coefficient (Wildman–Crippen LogP) is 4.54. The van der Waals surface area contributed by atoms with Crippen molar-refractivity contribution in [1.29, 1.82) is 0 Å². The Hall–Kier alpha value is -2.35. The zero-order valence-electron chi connectivity index (χ0n) is 11.1. The first-order valence-corrected chi connectivity index (χ1v) is 6.42. The van der Waals surface area contributed by atoms with Gasteiger partial charge in [0.1, 0.15) is 0 Å². The second-order valence-corrected chi connectivity index (χ2v) is 4.79. The van der Waals surface area contributed by atoms with E-state index in [0.29, 0.717) is 0 Å². The molecule has 3 rings (SSSR count). The van der Waals surface area contributed by atoms with Crippen molar-refractivity contribution in [3.8, 4) is 0 Å². The van der Waals surface area contributed by atoms with Crippen LogP contribution in [0.5, 0.6) is 0 Å². The van der Waals surface area contributed by atoms with E-state index in [-0.39, 0.29) is 0 Å². The summed E-state index contributed by atoms with van der Waals surface area (Å²) in [6.07, 6.45) is 3.94. The molecule has 19 heavy (non-hydrogen) atoms. The van der Waals surface area contributed by atoms with Gasteiger partial charge in [0.05, 0.1) is 5.69 Å². The molecule has 0 bridgehead atoms. The van der Waals surface area contributed by atoms with E-state index in [1.54, 1.807) is 0 Å². The number of aromatic amines is 1. The van der Waals surface area contributed by atoms with E-state index < -0.39 is 0 Å². The molecule has 2 nitrogen and oxygen atoms in total. The molecule has 0 aliphatic carbocycles. The maximum Gasteiger partial charge on any atom is 0.0688 e. The van der Waals surface area contributed by atoms with Gasteiger partial charge < -0.3 is 4.98 Å². The number of nitrogens with one attached hydrogen (secondary N) is 1. The van der Waals surface area contributed by atoms with Crippen LogP contribution in [0.2, 0.25) is 0 Å². The minimum atomic E-state index is 1.06. The molecule has 0 amide bonds. The Morgan fingerprint density at radius 1 is 0.947 bits per heavy atom. The predicted molar refractivity (Wildman–Crippen MR) is 81.5 cm³/mol. The third-order valence-electron chi connectivity index (χ3n) is 3.39. The molecule has 0 unspecified atom stereocenters.